The van der Waals surface area contributed by atoms with Crippen LogP contribution in [0.5, 0.6) is 0 Å². The van der Waals surface area contributed by atoms with Crippen molar-refractivity contribution >= 4 is 0 Å². The van der Waals surface area contributed by atoms with Gasteiger partial charge in [0.1, 0.15) is 0 Å². The highest BCUT2D eigenvalue weighted by atomic mass is 16.5. The molecule has 1 heterocycles. The first-order chi connectivity index (χ1) is 9.10. The van der Waals surface area contributed by atoms with Crippen LogP contribution in [0.15, 0.2) is 0 Å². The molecule has 0 amide bonds. The van der Waals surface area contributed by atoms with E-state index >= 15 is 0 Å². The second kappa shape index (κ2) is 5.26. The van der Waals surface area contributed by atoms with E-state index in [1.165, 1.54) is 12.8 Å². The first kappa shape index (κ1) is 16.3. The molecule has 1 aliphatic carbocycles. The normalized spacial score (nSPS) is 35.1. The molecule has 0 aromatic heterocycles. The summed E-state index contributed by atoms with van der Waals surface area (Å²) in [5.41, 5.74) is 6.99. The van der Waals surface area contributed by atoms with E-state index in [1.807, 2.05) is 0 Å². The van der Waals surface area contributed by atoms with E-state index in [9.17, 15) is 0 Å². The van der Waals surface area contributed by atoms with Crippen LogP contribution in [0.1, 0.15) is 66.7 Å². The molecule has 20 heavy (non-hydrogen) atoms. The molecule has 3 heteroatoms. The van der Waals surface area contributed by atoms with E-state index < -0.39 is 0 Å². The lowest BCUT2D eigenvalue weighted by Crippen LogP contribution is -2.61. The summed E-state index contributed by atoms with van der Waals surface area (Å²) in [6, 6.07) is 0. The lowest BCUT2D eigenvalue weighted by molar-refractivity contribution is -0.00981. The third-order valence-corrected chi connectivity index (χ3v) is 5.12. The second-order valence-corrected chi connectivity index (χ2v) is 9.10. The zero-order valence-electron chi connectivity index (χ0n) is 14.1. The zero-order valence-corrected chi connectivity index (χ0v) is 14.1. The molecule has 0 aromatic carbocycles. The van der Waals surface area contributed by atoms with Crippen molar-refractivity contribution in [2.45, 2.75) is 77.9 Å². The van der Waals surface area contributed by atoms with Crippen molar-refractivity contribution in [1.29, 1.82) is 0 Å². The molecule has 3 nitrogen and oxygen atoms in total. The van der Waals surface area contributed by atoms with Crippen LogP contribution >= 0.6 is 0 Å². The molecular formula is C17H34N2O. The van der Waals surface area contributed by atoms with Gasteiger partial charge >= 0.3 is 0 Å². The molecule has 0 bridgehead atoms. The number of nitrogens with two attached hydrogens (primary N) is 1. The Bertz CT molecular complexity index is 327. The second-order valence-electron chi connectivity index (χ2n) is 9.10. The summed E-state index contributed by atoms with van der Waals surface area (Å²) in [5, 5.41) is 3.83. The van der Waals surface area contributed by atoms with Gasteiger partial charge in [0, 0.05) is 25.2 Å². The molecule has 0 aromatic rings. The molecule has 0 spiro atoms. The highest BCUT2D eigenvalue weighted by Gasteiger charge is 2.47. The fourth-order valence-corrected chi connectivity index (χ4v) is 5.01. The molecule has 118 valence electrons. The molecule has 3 N–H and O–H groups in total. The fourth-order valence-electron chi connectivity index (χ4n) is 5.01. The number of ether oxygens (including phenoxy) is 1. The third kappa shape index (κ3) is 3.75. The Hall–Kier alpha value is -0.120. The maximum absolute atomic E-state index is 6.21. The summed E-state index contributed by atoms with van der Waals surface area (Å²) in [6.45, 7) is 14.3. The minimum atomic E-state index is 0.00784. The number of nitrogens with one attached hydrogen (secondary N) is 1. The van der Waals surface area contributed by atoms with Crippen LogP contribution in [0.4, 0.5) is 0 Å². The van der Waals surface area contributed by atoms with Gasteiger partial charge in [-0.25, -0.2) is 0 Å². The molecule has 1 atom stereocenters. The summed E-state index contributed by atoms with van der Waals surface area (Å²) in [7, 11) is 0. The zero-order chi connectivity index (χ0) is 15.1. The summed E-state index contributed by atoms with van der Waals surface area (Å²) >= 11 is 0. The Morgan fingerprint density at radius 3 is 2.05 bits per heavy atom. The summed E-state index contributed by atoms with van der Waals surface area (Å²) in [4.78, 5) is 0. The maximum Gasteiger partial charge on any atom is 0.0779 e. The van der Waals surface area contributed by atoms with Crippen LogP contribution in [-0.2, 0) is 4.74 Å². The Morgan fingerprint density at radius 1 is 1.00 bits per heavy atom. The standard InChI is InChI=1S/C17H34N2O/c1-14(2)9-15(3,4)11-17(10-14,12-18)19-13-16(5)7-6-8-20-16/h19H,6-13,18H2,1-5H3. The van der Waals surface area contributed by atoms with Crippen LogP contribution < -0.4 is 11.1 Å². The van der Waals surface area contributed by atoms with Gasteiger partial charge in [0.15, 0.2) is 0 Å². The minimum Gasteiger partial charge on any atom is -0.374 e. The van der Waals surface area contributed by atoms with Gasteiger partial charge in [0.05, 0.1) is 5.60 Å². The van der Waals surface area contributed by atoms with E-state index in [1.54, 1.807) is 0 Å². The van der Waals surface area contributed by atoms with Crippen molar-refractivity contribution in [2.24, 2.45) is 16.6 Å². The SMILES string of the molecule is CC1(C)CC(C)(C)CC(CN)(NCC2(C)CCCO2)C1. The third-order valence-electron chi connectivity index (χ3n) is 5.12. The Balaban J connectivity index is 2.08. The molecule has 1 aliphatic heterocycles. The van der Waals surface area contributed by atoms with E-state index in [4.69, 9.17) is 10.5 Å². The number of hydrogen-bond donors (Lipinski definition) is 2. The lowest BCUT2D eigenvalue weighted by Gasteiger charge is -2.53. The maximum atomic E-state index is 6.21. The summed E-state index contributed by atoms with van der Waals surface area (Å²) < 4.78 is 5.92. The predicted octanol–water partition coefficient (Wildman–Crippen LogP) is 3.08. The Morgan fingerprint density at radius 2 is 1.60 bits per heavy atom. The van der Waals surface area contributed by atoms with Gasteiger partial charge in [0.25, 0.3) is 0 Å². The molecule has 2 aliphatic rings. The Kier molecular flexibility index (Phi) is 4.27. The van der Waals surface area contributed by atoms with E-state index in [2.05, 4.69) is 39.9 Å². The molecule has 0 radical (unpaired) electrons. The summed E-state index contributed by atoms with van der Waals surface area (Å²) in [6.07, 6.45) is 5.95. The minimum absolute atomic E-state index is 0.00784. The van der Waals surface area contributed by atoms with Crippen LogP contribution in [0.25, 0.3) is 0 Å². The first-order valence-corrected chi connectivity index (χ1v) is 8.19. The van der Waals surface area contributed by atoms with Crippen molar-refractivity contribution in [3.8, 4) is 0 Å². The first-order valence-electron chi connectivity index (χ1n) is 8.19. The van der Waals surface area contributed by atoms with Crippen LogP contribution in [-0.4, -0.2) is 30.8 Å². The van der Waals surface area contributed by atoms with Crippen molar-refractivity contribution in [3.05, 3.63) is 0 Å². The molecular weight excluding hydrogens is 248 g/mol. The quantitative estimate of drug-likeness (QED) is 0.833. The average molecular weight is 282 g/mol. The lowest BCUT2D eigenvalue weighted by atomic mass is 9.58. The largest absolute Gasteiger partial charge is 0.374 e. The Labute approximate surface area is 125 Å². The van der Waals surface area contributed by atoms with E-state index in [-0.39, 0.29) is 11.1 Å². The smallest absolute Gasteiger partial charge is 0.0779 e. The van der Waals surface area contributed by atoms with Gasteiger partial charge in [-0.05, 0) is 49.9 Å². The van der Waals surface area contributed by atoms with E-state index in [0.717, 1.165) is 39.0 Å². The number of rotatable bonds is 4. The predicted molar refractivity (Wildman–Crippen MR) is 84.8 cm³/mol. The van der Waals surface area contributed by atoms with E-state index in [0.29, 0.717) is 10.8 Å². The molecule has 1 unspecified atom stereocenters. The van der Waals surface area contributed by atoms with Crippen molar-refractivity contribution in [1.82, 2.24) is 5.32 Å². The molecule has 1 saturated heterocycles. The van der Waals surface area contributed by atoms with Crippen LogP contribution in [0.2, 0.25) is 0 Å². The average Bonchev–Trinajstić information content (AvgIpc) is 2.70. The topological polar surface area (TPSA) is 47.3 Å². The monoisotopic (exact) mass is 282 g/mol. The van der Waals surface area contributed by atoms with Crippen LogP contribution in [0.3, 0.4) is 0 Å². The van der Waals surface area contributed by atoms with Gasteiger partial charge < -0.3 is 15.8 Å². The molecule has 2 rings (SSSR count). The fraction of sp³-hybridized carbons (Fsp3) is 1.00. The van der Waals surface area contributed by atoms with Crippen molar-refractivity contribution in [3.63, 3.8) is 0 Å². The van der Waals surface area contributed by atoms with Crippen LogP contribution in [0, 0.1) is 10.8 Å². The highest BCUT2D eigenvalue weighted by molar-refractivity contribution is 5.04. The summed E-state index contributed by atoms with van der Waals surface area (Å²) in [5.74, 6) is 0. The number of hydrogen-bond acceptors (Lipinski definition) is 3. The van der Waals surface area contributed by atoms with Gasteiger partial charge in [-0.1, -0.05) is 27.7 Å². The van der Waals surface area contributed by atoms with Crippen molar-refractivity contribution in [2.75, 3.05) is 19.7 Å². The van der Waals surface area contributed by atoms with Gasteiger partial charge in [0.2, 0.25) is 0 Å². The van der Waals surface area contributed by atoms with Gasteiger partial charge in [-0.15, -0.1) is 0 Å². The van der Waals surface area contributed by atoms with Crippen molar-refractivity contribution < 1.29 is 4.74 Å². The van der Waals surface area contributed by atoms with Gasteiger partial charge in [-0.3, -0.25) is 0 Å². The highest BCUT2D eigenvalue weighted by Crippen LogP contribution is 2.49. The van der Waals surface area contributed by atoms with Gasteiger partial charge in [-0.2, -0.15) is 0 Å². The molecule has 1 saturated carbocycles. The molecule has 2 fully saturated rings.